The molecule has 0 fully saturated rings. The number of pyridine rings is 1. The molecule has 0 radical (unpaired) electrons. The molecule has 0 saturated heterocycles. The number of nitrogens with one attached hydrogen (secondary N) is 2. The van der Waals surface area contributed by atoms with Gasteiger partial charge in [0.1, 0.15) is 17.3 Å². The van der Waals surface area contributed by atoms with Gasteiger partial charge in [0.05, 0.1) is 28.2 Å². The molecular weight excluding hydrogens is 348 g/mol. The molecule has 0 atom stereocenters. The lowest BCUT2D eigenvalue weighted by molar-refractivity contribution is 0.102. The molecule has 3 aromatic rings. The summed E-state index contributed by atoms with van der Waals surface area (Å²) in [5.74, 6) is -2.39. The minimum Gasteiger partial charge on any atom is -0.353 e. The van der Waals surface area contributed by atoms with Crippen LogP contribution in [-0.2, 0) is 0 Å². The number of nitrogens with zero attached hydrogens (tertiary/aromatic N) is 1. The third kappa shape index (κ3) is 3.92. The van der Waals surface area contributed by atoms with E-state index < -0.39 is 23.2 Å². The van der Waals surface area contributed by atoms with Gasteiger partial charge in [0, 0.05) is 6.20 Å². The molecule has 0 spiro atoms. The lowest BCUT2D eigenvalue weighted by Crippen LogP contribution is -2.14. The molecule has 3 rings (SSSR count). The molecule has 0 bridgehead atoms. The number of hydrogen-bond acceptors (Lipinski definition) is 3. The zero-order valence-corrected chi connectivity index (χ0v) is 13.5. The number of benzene rings is 2. The Labute approximate surface area is 147 Å². The molecule has 1 amide bonds. The summed E-state index contributed by atoms with van der Waals surface area (Å²) in [4.78, 5) is 16.2. The predicted molar refractivity (Wildman–Crippen MR) is 93.3 cm³/mol. The molecule has 0 aliphatic carbocycles. The molecule has 1 aromatic heterocycles. The molecular formula is C18H12ClF2N3O. The first-order valence-corrected chi connectivity index (χ1v) is 7.64. The molecule has 2 aromatic carbocycles. The number of carbonyl (C=O) groups is 1. The maximum absolute atomic E-state index is 13.6. The van der Waals surface area contributed by atoms with Crippen LogP contribution >= 0.6 is 11.6 Å². The second kappa shape index (κ2) is 7.27. The van der Waals surface area contributed by atoms with E-state index in [1.165, 1.54) is 24.5 Å². The molecule has 0 aliphatic heterocycles. The van der Waals surface area contributed by atoms with E-state index in [0.29, 0.717) is 16.4 Å². The summed E-state index contributed by atoms with van der Waals surface area (Å²) in [6, 6.07) is 11.9. The van der Waals surface area contributed by atoms with Crippen LogP contribution < -0.4 is 10.6 Å². The second-order valence-corrected chi connectivity index (χ2v) is 5.53. The van der Waals surface area contributed by atoms with E-state index in [1.54, 1.807) is 24.3 Å². The topological polar surface area (TPSA) is 54.0 Å². The second-order valence-electron chi connectivity index (χ2n) is 5.12. The van der Waals surface area contributed by atoms with E-state index in [1.807, 2.05) is 0 Å². The normalized spacial score (nSPS) is 10.4. The summed E-state index contributed by atoms with van der Waals surface area (Å²) in [5.41, 5.74) is 0.787. The van der Waals surface area contributed by atoms with Gasteiger partial charge in [0.2, 0.25) is 0 Å². The van der Waals surface area contributed by atoms with E-state index in [-0.39, 0.29) is 5.56 Å². The highest BCUT2D eigenvalue weighted by molar-refractivity contribution is 6.33. The van der Waals surface area contributed by atoms with Crippen LogP contribution in [0.2, 0.25) is 5.02 Å². The van der Waals surface area contributed by atoms with E-state index in [2.05, 4.69) is 15.6 Å². The maximum Gasteiger partial charge on any atom is 0.257 e. The molecule has 2 N–H and O–H groups in total. The Kier molecular flexibility index (Phi) is 4.90. The van der Waals surface area contributed by atoms with E-state index in [9.17, 15) is 13.6 Å². The minimum absolute atomic E-state index is 0.139. The summed E-state index contributed by atoms with van der Waals surface area (Å²) < 4.78 is 27.3. The van der Waals surface area contributed by atoms with Crippen LogP contribution in [0.4, 0.5) is 25.8 Å². The number of aromatic nitrogens is 1. The van der Waals surface area contributed by atoms with Crippen molar-refractivity contribution in [3.63, 3.8) is 0 Å². The Morgan fingerprint density at radius 2 is 1.72 bits per heavy atom. The van der Waals surface area contributed by atoms with Crippen LogP contribution in [0.15, 0.2) is 60.9 Å². The zero-order valence-electron chi connectivity index (χ0n) is 12.8. The average molecular weight is 360 g/mol. The van der Waals surface area contributed by atoms with Crippen LogP contribution in [-0.4, -0.2) is 10.9 Å². The molecule has 0 saturated carbocycles. The van der Waals surface area contributed by atoms with Gasteiger partial charge in [-0.25, -0.2) is 8.78 Å². The van der Waals surface area contributed by atoms with E-state index in [4.69, 9.17) is 11.6 Å². The first-order chi connectivity index (χ1) is 12.0. The third-order valence-electron chi connectivity index (χ3n) is 3.35. The number of rotatable bonds is 4. The molecule has 4 nitrogen and oxygen atoms in total. The van der Waals surface area contributed by atoms with Crippen molar-refractivity contribution in [2.24, 2.45) is 0 Å². The van der Waals surface area contributed by atoms with Gasteiger partial charge in [-0.1, -0.05) is 29.8 Å². The Bertz CT molecular complexity index is 913. The van der Waals surface area contributed by atoms with Crippen molar-refractivity contribution in [2.75, 3.05) is 10.6 Å². The highest BCUT2D eigenvalue weighted by Gasteiger charge is 2.14. The van der Waals surface area contributed by atoms with Gasteiger partial charge in [0.15, 0.2) is 0 Å². The van der Waals surface area contributed by atoms with Gasteiger partial charge >= 0.3 is 0 Å². The first-order valence-electron chi connectivity index (χ1n) is 7.26. The van der Waals surface area contributed by atoms with Crippen LogP contribution in [0.5, 0.6) is 0 Å². The van der Waals surface area contributed by atoms with Crippen molar-refractivity contribution in [2.45, 2.75) is 0 Å². The molecule has 0 aliphatic rings. The largest absolute Gasteiger partial charge is 0.353 e. The molecule has 0 unspecified atom stereocenters. The van der Waals surface area contributed by atoms with Crippen LogP contribution in [0, 0.1) is 11.6 Å². The van der Waals surface area contributed by atoms with Crippen molar-refractivity contribution < 1.29 is 13.6 Å². The quantitative estimate of drug-likeness (QED) is 0.688. The Balaban J connectivity index is 1.81. The van der Waals surface area contributed by atoms with Gasteiger partial charge in [-0.2, -0.15) is 0 Å². The monoisotopic (exact) mass is 359 g/mol. The number of amides is 1. The fourth-order valence-electron chi connectivity index (χ4n) is 2.15. The van der Waals surface area contributed by atoms with Crippen molar-refractivity contribution in [1.82, 2.24) is 4.98 Å². The third-order valence-corrected chi connectivity index (χ3v) is 3.68. The smallest absolute Gasteiger partial charge is 0.257 e. The summed E-state index contributed by atoms with van der Waals surface area (Å²) >= 11 is 6.07. The minimum atomic E-state index is -0.855. The maximum atomic E-state index is 13.6. The van der Waals surface area contributed by atoms with Gasteiger partial charge in [-0.15, -0.1) is 0 Å². The fraction of sp³-hybridized carbons (Fsp3) is 0. The SMILES string of the molecule is O=C(Nc1c(F)cccc1F)c1cncc(Nc2ccccc2Cl)c1. The van der Waals surface area contributed by atoms with Crippen LogP contribution in [0.3, 0.4) is 0 Å². The predicted octanol–water partition coefficient (Wildman–Crippen LogP) is 5.01. The Hall–Kier alpha value is -2.99. The fourth-order valence-corrected chi connectivity index (χ4v) is 2.34. The Morgan fingerprint density at radius 1 is 1.00 bits per heavy atom. The highest BCUT2D eigenvalue weighted by atomic mass is 35.5. The summed E-state index contributed by atoms with van der Waals surface area (Å²) in [6.45, 7) is 0. The molecule has 25 heavy (non-hydrogen) atoms. The number of hydrogen-bond donors (Lipinski definition) is 2. The van der Waals surface area contributed by atoms with Gasteiger partial charge in [0.25, 0.3) is 5.91 Å². The lowest BCUT2D eigenvalue weighted by Gasteiger charge is -2.10. The summed E-state index contributed by atoms with van der Waals surface area (Å²) in [5, 5.41) is 5.75. The van der Waals surface area contributed by atoms with E-state index >= 15 is 0 Å². The zero-order chi connectivity index (χ0) is 17.8. The van der Waals surface area contributed by atoms with Crippen LogP contribution in [0.25, 0.3) is 0 Å². The summed E-state index contributed by atoms with van der Waals surface area (Å²) in [7, 11) is 0. The number of carbonyl (C=O) groups excluding carboxylic acids is 1. The van der Waals surface area contributed by atoms with Gasteiger partial charge in [-0.05, 0) is 30.3 Å². The van der Waals surface area contributed by atoms with Crippen molar-refractivity contribution in [1.29, 1.82) is 0 Å². The standard InChI is InChI=1S/C18H12ClF2N3O/c19-13-4-1-2-7-16(13)23-12-8-11(9-22-10-12)18(25)24-17-14(20)5-3-6-15(17)21/h1-10,23H,(H,24,25). The highest BCUT2D eigenvalue weighted by Crippen LogP contribution is 2.25. The van der Waals surface area contributed by atoms with Crippen molar-refractivity contribution in [3.05, 3.63) is 83.1 Å². The van der Waals surface area contributed by atoms with Crippen molar-refractivity contribution in [3.8, 4) is 0 Å². The number of halogens is 3. The van der Waals surface area contributed by atoms with Gasteiger partial charge in [-0.3, -0.25) is 9.78 Å². The van der Waals surface area contributed by atoms with Gasteiger partial charge < -0.3 is 10.6 Å². The molecule has 1 heterocycles. The number of anilines is 3. The first kappa shape index (κ1) is 16.9. The van der Waals surface area contributed by atoms with Crippen molar-refractivity contribution >= 4 is 34.6 Å². The Morgan fingerprint density at radius 3 is 2.44 bits per heavy atom. The molecule has 7 heteroatoms. The molecule has 126 valence electrons. The van der Waals surface area contributed by atoms with Crippen LogP contribution in [0.1, 0.15) is 10.4 Å². The average Bonchev–Trinajstić information content (AvgIpc) is 2.60. The van der Waals surface area contributed by atoms with E-state index in [0.717, 1.165) is 12.1 Å². The number of para-hydroxylation sites is 2. The summed E-state index contributed by atoms with van der Waals surface area (Å²) in [6.07, 6.45) is 2.80. The lowest BCUT2D eigenvalue weighted by atomic mass is 10.2.